The number of rotatable bonds is 5. The molecular formula is C18H14F7N5O. The summed E-state index contributed by atoms with van der Waals surface area (Å²) < 4.78 is 101. The van der Waals surface area contributed by atoms with E-state index in [1.807, 2.05) is 0 Å². The molecule has 0 aliphatic carbocycles. The van der Waals surface area contributed by atoms with Crippen LogP contribution in [0.4, 0.5) is 30.7 Å². The fourth-order valence-corrected chi connectivity index (χ4v) is 3.13. The van der Waals surface area contributed by atoms with Gasteiger partial charge in [0.2, 0.25) is 5.54 Å². The number of nitrogens with one attached hydrogen (secondary N) is 1. The molecule has 13 heteroatoms. The van der Waals surface area contributed by atoms with E-state index in [1.165, 1.54) is 11.5 Å². The Morgan fingerprint density at radius 2 is 1.94 bits per heavy atom. The summed E-state index contributed by atoms with van der Waals surface area (Å²) in [7, 11) is 0. The largest absolute Gasteiger partial charge is 0.387 e. The van der Waals surface area contributed by atoms with E-state index in [-0.39, 0.29) is 6.07 Å². The molecule has 166 valence electrons. The number of benzene rings is 1. The van der Waals surface area contributed by atoms with Crippen LogP contribution in [-0.2, 0) is 11.6 Å². The second-order valence-corrected chi connectivity index (χ2v) is 6.69. The second-order valence-electron chi connectivity index (χ2n) is 6.69. The molecule has 2 heterocycles. The molecule has 1 aromatic heterocycles. The van der Waals surface area contributed by atoms with Crippen LogP contribution in [0.3, 0.4) is 0 Å². The fraction of sp³-hybridized carbons (Fsp3) is 0.333. The van der Waals surface area contributed by atoms with E-state index in [0.29, 0.717) is 12.1 Å². The van der Waals surface area contributed by atoms with Crippen molar-refractivity contribution < 1.29 is 35.5 Å². The van der Waals surface area contributed by atoms with Crippen molar-refractivity contribution in [3.63, 3.8) is 0 Å². The SMILES string of the molecule is NC1=N[C@@](c2cc(C(F)(F)NC(=O)c3cnccn3)ccc2F)(C(F)F)C(F)(F)CC1. The van der Waals surface area contributed by atoms with Crippen LogP contribution < -0.4 is 11.1 Å². The van der Waals surface area contributed by atoms with Gasteiger partial charge in [0.25, 0.3) is 18.3 Å². The summed E-state index contributed by atoms with van der Waals surface area (Å²) in [6.45, 7) is 0. The molecule has 0 spiro atoms. The van der Waals surface area contributed by atoms with Crippen molar-refractivity contribution in [2.45, 2.75) is 36.8 Å². The number of aliphatic imine (C=N–C) groups is 1. The zero-order valence-corrected chi connectivity index (χ0v) is 15.4. The molecule has 1 atom stereocenters. The summed E-state index contributed by atoms with van der Waals surface area (Å²) in [5.41, 5.74) is -1.64. The third-order valence-corrected chi connectivity index (χ3v) is 4.69. The number of carbonyl (C=O) groups excluding carboxylic acids is 1. The van der Waals surface area contributed by atoms with Crippen LogP contribution >= 0.6 is 0 Å². The molecule has 3 rings (SSSR count). The first kappa shape index (κ1) is 22.4. The zero-order valence-electron chi connectivity index (χ0n) is 15.4. The van der Waals surface area contributed by atoms with E-state index in [1.54, 1.807) is 0 Å². The topological polar surface area (TPSA) is 93.3 Å². The molecule has 1 aliphatic heterocycles. The Labute approximate surface area is 170 Å². The average molecular weight is 449 g/mol. The highest BCUT2D eigenvalue weighted by molar-refractivity contribution is 5.92. The highest BCUT2D eigenvalue weighted by Gasteiger charge is 2.64. The molecule has 6 nitrogen and oxygen atoms in total. The summed E-state index contributed by atoms with van der Waals surface area (Å²) in [6, 6.07) is -3.37. The molecule has 0 unspecified atom stereocenters. The van der Waals surface area contributed by atoms with Gasteiger partial charge in [-0.05, 0) is 18.2 Å². The summed E-state index contributed by atoms with van der Waals surface area (Å²) in [5.74, 6) is -7.89. The number of alkyl halides is 6. The fourth-order valence-electron chi connectivity index (χ4n) is 3.13. The molecule has 1 aromatic carbocycles. The Morgan fingerprint density at radius 1 is 1.23 bits per heavy atom. The van der Waals surface area contributed by atoms with E-state index in [9.17, 15) is 35.5 Å². The molecule has 1 aliphatic rings. The van der Waals surface area contributed by atoms with Gasteiger partial charge in [-0.3, -0.25) is 15.1 Å². The lowest BCUT2D eigenvalue weighted by Gasteiger charge is -2.40. The number of nitrogens with two attached hydrogens (primary N) is 1. The van der Waals surface area contributed by atoms with Crippen LogP contribution in [0.2, 0.25) is 0 Å². The van der Waals surface area contributed by atoms with E-state index >= 15 is 0 Å². The number of halogens is 7. The number of nitrogens with zero attached hydrogens (tertiary/aromatic N) is 3. The number of carbonyl (C=O) groups is 1. The number of amides is 1. The van der Waals surface area contributed by atoms with E-state index < -0.39 is 71.2 Å². The summed E-state index contributed by atoms with van der Waals surface area (Å²) in [6.07, 6.45) is -2.57. The second kappa shape index (κ2) is 7.78. The van der Waals surface area contributed by atoms with Gasteiger partial charge in [-0.1, -0.05) is 0 Å². The number of aromatic nitrogens is 2. The minimum absolute atomic E-state index is 0.119. The van der Waals surface area contributed by atoms with Crippen molar-refractivity contribution in [2.75, 3.05) is 0 Å². The summed E-state index contributed by atoms with van der Waals surface area (Å²) in [5, 5.41) is 1.28. The molecule has 0 bridgehead atoms. The smallest absolute Gasteiger partial charge is 0.352 e. The molecule has 1 amide bonds. The maximum Gasteiger partial charge on any atom is 0.352 e. The van der Waals surface area contributed by atoms with Crippen molar-refractivity contribution in [1.82, 2.24) is 15.3 Å². The third kappa shape index (κ3) is 3.91. The van der Waals surface area contributed by atoms with Gasteiger partial charge >= 0.3 is 6.05 Å². The molecule has 0 saturated heterocycles. The van der Waals surface area contributed by atoms with Crippen LogP contribution in [0.1, 0.15) is 34.5 Å². The molecule has 2 aromatic rings. The lowest BCUT2D eigenvalue weighted by atomic mass is 9.79. The maximum atomic E-state index is 14.6. The normalized spacial score (nSPS) is 21.0. The summed E-state index contributed by atoms with van der Waals surface area (Å²) >= 11 is 0. The highest BCUT2D eigenvalue weighted by atomic mass is 19.3. The Hall–Kier alpha value is -3.25. The van der Waals surface area contributed by atoms with Gasteiger partial charge in [0.1, 0.15) is 11.5 Å². The first-order valence-corrected chi connectivity index (χ1v) is 8.68. The standard InChI is InChI=1S/C18H14F7N5O/c19-11-2-1-9(18(24,25)30-14(31)12-8-27-5-6-28-12)7-10(11)17(15(20)21)16(22,23)4-3-13(26)29-17/h1-2,5-8,15H,3-4H2,(H2,26,29)(H,30,31)/t17-/m0/s1. The van der Waals surface area contributed by atoms with Gasteiger partial charge in [-0.25, -0.2) is 31.9 Å². The van der Waals surface area contributed by atoms with Crippen molar-refractivity contribution in [1.29, 1.82) is 0 Å². The van der Waals surface area contributed by atoms with Gasteiger partial charge in [-0.2, -0.15) is 8.78 Å². The van der Waals surface area contributed by atoms with Gasteiger partial charge in [0, 0.05) is 36.4 Å². The number of hydrogen-bond acceptors (Lipinski definition) is 5. The molecule has 0 radical (unpaired) electrons. The Balaban J connectivity index is 2.08. The van der Waals surface area contributed by atoms with E-state index in [4.69, 9.17) is 5.73 Å². The Kier molecular flexibility index (Phi) is 5.63. The molecule has 0 saturated carbocycles. The van der Waals surface area contributed by atoms with Crippen LogP contribution in [0.5, 0.6) is 0 Å². The van der Waals surface area contributed by atoms with Crippen molar-refractivity contribution in [3.05, 3.63) is 59.4 Å². The Morgan fingerprint density at radius 3 is 2.55 bits per heavy atom. The van der Waals surface area contributed by atoms with Gasteiger partial charge in [0.15, 0.2) is 0 Å². The predicted octanol–water partition coefficient (Wildman–Crippen LogP) is 3.34. The van der Waals surface area contributed by atoms with Crippen molar-refractivity contribution in [2.24, 2.45) is 10.7 Å². The van der Waals surface area contributed by atoms with Crippen molar-refractivity contribution in [3.8, 4) is 0 Å². The lowest BCUT2D eigenvalue weighted by molar-refractivity contribution is -0.145. The van der Waals surface area contributed by atoms with Crippen molar-refractivity contribution >= 4 is 11.7 Å². The van der Waals surface area contributed by atoms with Crippen LogP contribution in [0.15, 0.2) is 41.8 Å². The lowest BCUT2D eigenvalue weighted by Crippen LogP contribution is -2.54. The Bertz CT molecular complexity index is 1020. The van der Waals surface area contributed by atoms with Gasteiger partial charge in [0.05, 0.1) is 12.0 Å². The third-order valence-electron chi connectivity index (χ3n) is 4.69. The molecule has 0 fully saturated rings. The minimum atomic E-state index is -4.29. The summed E-state index contributed by atoms with van der Waals surface area (Å²) in [4.78, 5) is 22.2. The predicted molar refractivity (Wildman–Crippen MR) is 93.3 cm³/mol. The van der Waals surface area contributed by atoms with Crippen LogP contribution in [0.25, 0.3) is 0 Å². The molecular weight excluding hydrogens is 435 g/mol. The maximum absolute atomic E-state index is 14.6. The zero-order chi connectivity index (χ0) is 23.0. The monoisotopic (exact) mass is 449 g/mol. The van der Waals surface area contributed by atoms with E-state index in [2.05, 4.69) is 15.0 Å². The van der Waals surface area contributed by atoms with Gasteiger partial charge in [-0.15, -0.1) is 0 Å². The number of amidine groups is 1. The first-order valence-electron chi connectivity index (χ1n) is 8.68. The average Bonchev–Trinajstić information content (AvgIpc) is 2.70. The van der Waals surface area contributed by atoms with Crippen LogP contribution in [0, 0.1) is 5.82 Å². The quantitative estimate of drug-likeness (QED) is 0.541. The number of hydrogen-bond donors (Lipinski definition) is 2. The van der Waals surface area contributed by atoms with Crippen LogP contribution in [-0.4, -0.2) is 34.1 Å². The molecule has 31 heavy (non-hydrogen) atoms. The first-order chi connectivity index (χ1) is 14.4. The highest BCUT2D eigenvalue weighted by Crippen LogP contribution is 2.51. The van der Waals surface area contributed by atoms with Gasteiger partial charge < -0.3 is 5.73 Å². The minimum Gasteiger partial charge on any atom is -0.387 e. The molecule has 3 N–H and O–H groups in total. The van der Waals surface area contributed by atoms with E-state index in [0.717, 1.165) is 12.4 Å².